The van der Waals surface area contributed by atoms with Crippen LogP contribution in [0.3, 0.4) is 0 Å². The molecule has 3 nitrogen and oxygen atoms in total. The van der Waals surface area contributed by atoms with Gasteiger partial charge in [0.15, 0.2) is 0 Å². The Morgan fingerprint density at radius 2 is 1.94 bits per heavy atom. The first-order valence-corrected chi connectivity index (χ1v) is 6.68. The molecule has 1 N–H and O–H groups in total. The second kappa shape index (κ2) is 6.55. The van der Waals surface area contributed by atoms with E-state index in [4.69, 9.17) is 4.74 Å². The Kier molecular flexibility index (Phi) is 4.76. The van der Waals surface area contributed by atoms with Gasteiger partial charge in [-0.2, -0.15) is 0 Å². The van der Waals surface area contributed by atoms with Gasteiger partial charge in [0.2, 0.25) is 0 Å². The number of carbonyl (C=O) groups is 1. The molecule has 2 rings (SSSR count). The molecule has 1 aromatic carbocycles. The molecule has 0 spiro atoms. The van der Waals surface area contributed by atoms with Crippen LogP contribution in [0.5, 0.6) is 5.75 Å². The number of piperidine rings is 1. The van der Waals surface area contributed by atoms with Gasteiger partial charge in [0, 0.05) is 12.3 Å². The molecule has 0 saturated carbocycles. The molecule has 0 radical (unpaired) electrons. The fourth-order valence-electron chi connectivity index (χ4n) is 2.25. The first-order chi connectivity index (χ1) is 8.75. The van der Waals surface area contributed by atoms with E-state index in [2.05, 4.69) is 5.32 Å². The van der Waals surface area contributed by atoms with Crippen molar-refractivity contribution >= 4 is 5.78 Å². The Hall–Kier alpha value is -1.35. The van der Waals surface area contributed by atoms with Crippen LogP contribution in [0.1, 0.15) is 24.8 Å². The van der Waals surface area contributed by atoms with Crippen LogP contribution >= 0.6 is 0 Å². The minimum atomic E-state index is 0.243. The highest BCUT2D eigenvalue weighted by Crippen LogP contribution is 2.16. The SMILES string of the molecule is Cc1ccc(OCCC(=O)C2CCNCC2)cc1. The second-order valence-electron chi connectivity index (χ2n) is 4.90. The van der Waals surface area contributed by atoms with Crippen molar-refractivity contribution in [2.75, 3.05) is 19.7 Å². The van der Waals surface area contributed by atoms with E-state index in [9.17, 15) is 4.79 Å². The summed E-state index contributed by atoms with van der Waals surface area (Å²) in [5.41, 5.74) is 1.22. The summed E-state index contributed by atoms with van der Waals surface area (Å²) in [7, 11) is 0. The highest BCUT2D eigenvalue weighted by Gasteiger charge is 2.20. The zero-order chi connectivity index (χ0) is 12.8. The van der Waals surface area contributed by atoms with Gasteiger partial charge in [-0.25, -0.2) is 0 Å². The highest BCUT2D eigenvalue weighted by molar-refractivity contribution is 5.81. The minimum absolute atomic E-state index is 0.243. The number of ketones is 1. The summed E-state index contributed by atoms with van der Waals surface area (Å²) < 4.78 is 5.59. The number of Topliss-reactive ketones (excluding diaryl/α,β-unsaturated/α-hetero) is 1. The average Bonchev–Trinajstić information content (AvgIpc) is 2.42. The van der Waals surface area contributed by atoms with Gasteiger partial charge in [0.1, 0.15) is 11.5 Å². The van der Waals surface area contributed by atoms with E-state index >= 15 is 0 Å². The molecular weight excluding hydrogens is 226 g/mol. The van der Waals surface area contributed by atoms with Crippen LogP contribution in [0.15, 0.2) is 24.3 Å². The van der Waals surface area contributed by atoms with Gasteiger partial charge in [-0.05, 0) is 45.0 Å². The number of nitrogens with one attached hydrogen (secondary N) is 1. The zero-order valence-corrected chi connectivity index (χ0v) is 10.9. The van der Waals surface area contributed by atoms with Gasteiger partial charge in [-0.15, -0.1) is 0 Å². The number of benzene rings is 1. The molecule has 0 aliphatic carbocycles. The summed E-state index contributed by atoms with van der Waals surface area (Å²) in [5, 5.41) is 3.27. The lowest BCUT2D eigenvalue weighted by Crippen LogP contribution is -2.32. The third-order valence-corrected chi connectivity index (χ3v) is 3.43. The summed E-state index contributed by atoms with van der Waals surface area (Å²) in [4.78, 5) is 11.9. The van der Waals surface area contributed by atoms with Gasteiger partial charge < -0.3 is 10.1 Å². The Bertz CT molecular complexity index is 380. The van der Waals surface area contributed by atoms with Gasteiger partial charge in [0.25, 0.3) is 0 Å². The van der Waals surface area contributed by atoms with Gasteiger partial charge in [-0.1, -0.05) is 17.7 Å². The monoisotopic (exact) mass is 247 g/mol. The number of rotatable bonds is 5. The van der Waals surface area contributed by atoms with Crippen LogP contribution in [0.4, 0.5) is 0 Å². The van der Waals surface area contributed by atoms with Crippen molar-refractivity contribution in [1.29, 1.82) is 0 Å². The number of aryl methyl sites for hydroxylation is 1. The molecule has 1 heterocycles. The van der Waals surface area contributed by atoms with Crippen molar-refractivity contribution < 1.29 is 9.53 Å². The summed E-state index contributed by atoms with van der Waals surface area (Å²) in [5.74, 6) is 1.44. The van der Waals surface area contributed by atoms with Gasteiger partial charge in [0.05, 0.1) is 6.61 Å². The van der Waals surface area contributed by atoms with E-state index in [1.807, 2.05) is 31.2 Å². The number of hydrogen-bond donors (Lipinski definition) is 1. The third-order valence-electron chi connectivity index (χ3n) is 3.43. The van der Waals surface area contributed by atoms with E-state index in [-0.39, 0.29) is 5.92 Å². The predicted octanol–water partition coefficient (Wildman–Crippen LogP) is 2.33. The van der Waals surface area contributed by atoms with Crippen LogP contribution in [0.2, 0.25) is 0 Å². The Labute approximate surface area is 109 Å². The number of hydrogen-bond acceptors (Lipinski definition) is 3. The molecule has 1 aliphatic rings. The molecule has 0 aromatic heterocycles. The van der Waals surface area contributed by atoms with Crippen molar-refractivity contribution in [3.63, 3.8) is 0 Å². The molecule has 1 fully saturated rings. The van der Waals surface area contributed by atoms with Crippen LogP contribution in [-0.4, -0.2) is 25.5 Å². The molecule has 0 atom stereocenters. The fourth-order valence-corrected chi connectivity index (χ4v) is 2.25. The quantitative estimate of drug-likeness (QED) is 0.868. The lowest BCUT2D eigenvalue weighted by atomic mass is 9.92. The number of ether oxygens (including phenoxy) is 1. The molecule has 3 heteroatoms. The second-order valence-corrected chi connectivity index (χ2v) is 4.90. The molecular formula is C15H21NO2. The average molecular weight is 247 g/mol. The van der Waals surface area contributed by atoms with E-state index in [1.54, 1.807) is 0 Å². The molecule has 18 heavy (non-hydrogen) atoms. The van der Waals surface area contributed by atoms with E-state index in [0.717, 1.165) is 31.7 Å². The maximum Gasteiger partial charge on any atom is 0.139 e. The summed E-state index contributed by atoms with van der Waals surface area (Å²) in [6, 6.07) is 7.93. The van der Waals surface area contributed by atoms with Gasteiger partial charge in [-0.3, -0.25) is 4.79 Å². The zero-order valence-electron chi connectivity index (χ0n) is 10.9. The Morgan fingerprint density at radius 3 is 2.61 bits per heavy atom. The van der Waals surface area contributed by atoms with Crippen molar-refractivity contribution in [3.05, 3.63) is 29.8 Å². The van der Waals surface area contributed by atoms with Crippen molar-refractivity contribution in [3.8, 4) is 5.75 Å². The topological polar surface area (TPSA) is 38.3 Å². The molecule has 1 saturated heterocycles. The fraction of sp³-hybridized carbons (Fsp3) is 0.533. The Morgan fingerprint density at radius 1 is 1.28 bits per heavy atom. The number of carbonyl (C=O) groups excluding carboxylic acids is 1. The molecule has 98 valence electrons. The van der Waals surface area contributed by atoms with Gasteiger partial charge >= 0.3 is 0 Å². The summed E-state index contributed by atoms with van der Waals surface area (Å²) >= 11 is 0. The maximum absolute atomic E-state index is 11.9. The molecule has 1 aromatic rings. The van der Waals surface area contributed by atoms with Crippen molar-refractivity contribution in [2.24, 2.45) is 5.92 Å². The first kappa shape index (κ1) is 13.1. The minimum Gasteiger partial charge on any atom is -0.493 e. The lowest BCUT2D eigenvalue weighted by Gasteiger charge is -2.21. The summed E-state index contributed by atoms with van der Waals surface area (Å²) in [6.07, 6.45) is 2.48. The van der Waals surface area contributed by atoms with E-state index < -0.39 is 0 Å². The molecule has 0 amide bonds. The predicted molar refractivity (Wildman–Crippen MR) is 71.9 cm³/mol. The van der Waals surface area contributed by atoms with Crippen LogP contribution in [-0.2, 0) is 4.79 Å². The van der Waals surface area contributed by atoms with Crippen molar-refractivity contribution in [2.45, 2.75) is 26.2 Å². The maximum atomic E-state index is 11.9. The largest absolute Gasteiger partial charge is 0.493 e. The first-order valence-electron chi connectivity index (χ1n) is 6.68. The third kappa shape index (κ3) is 3.84. The molecule has 0 bridgehead atoms. The molecule has 0 unspecified atom stereocenters. The van der Waals surface area contributed by atoms with Crippen LogP contribution < -0.4 is 10.1 Å². The highest BCUT2D eigenvalue weighted by atomic mass is 16.5. The summed E-state index contributed by atoms with van der Waals surface area (Å²) in [6.45, 7) is 4.47. The van der Waals surface area contributed by atoms with E-state index in [0.29, 0.717) is 18.8 Å². The normalized spacial score (nSPS) is 16.5. The molecule has 1 aliphatic heterocycles. The Balaban J connectivity index is 1.71. The standard InChI is InChI=1S/C15H21NO2/c1-12-2-4-14(5-3-12)18-11-8-15(17)13-6-9-16-10-7-13/h2-5,13,16H,6-11H2,1H3. The van der Waals surface area contributed by atoms with Crippen molar-refractivity contribution in [1.82, 2.24) is 5.32 Å². The van der Waals surface area contributed by atoms with E-state index in [1.165, 1.54) is 5.56 Å². The van der Waals surface area contributed by atoms with Crippen LogP contribution in [0.25, 0.3) is 0 Å². The lowest BCUT2D eigenvalue weighted by molar-refractivity contribution is -0.124. The van der Waals surface area contributed by atoms with Crippen LogP contribution in [0, 0.1) is 12.8 Å². The smallest absolute Gasteiger partial charge is 0.139 e.